The van der Waals surface area contributed by atoms with Crippen LogP contribution < -0.4 is 5.32 Å². The second-order valence-electron chi connectivity index (χ2n) is 6.65. The molecule has 0 saturated carbocycles. The fraction of sp³-hybridized carbons (Fsp3) is 0.500. The van der Waals surface area contributed by atoms with Gasteiger partial charge in [-0.1, -0.05) is 5.16 Å². The molecule has 1 aliphatic heterocycles. The molecule has 1 unspecified atom stereocenters. The van der Waals surface area contributed by atoms with Crippen LogP contribution in [0.25, 0.3) is 0 Å². The van der Waals surface area contributed by atoms with E-state index < -0.39 is 11.6 Å². The first-order chi connectivity index (χ1) is 10.7. The zero-order chi connectivity index (χ0) is 17.2. The molecule has 1 N–H and O–H groups in total. The second-order valence-corrected chi connectivity index (χ2v) is 6.65. The molecule has 2 amide bonds. The van der Waals surface area contributed by atoms with Gasteiger partial charge in [0, 0.05) is 30.6 Å². The van der Waals surface area contributed by atoms with Crippen LogP contribution >= 0.6 is 0 Å². The van der Waals surface area contributed by atoms with Gasteiger partial charge in [-0.05, 0) is 32.9 Å². The topological polar surface area (TPSA) is 53.9 Å². The van der Waals surface area contributed by atoms with Crippen molar-refractivity contribution in [2.75, 3.05) is 13.6 Å². The fourth-order valence-electron chi connectivity index (χ4n) is 2.21. The van der Waals surface area contributed by atoms with Gasteiger partial charge >= 0.3 is 6.03 Å². The average molecular weight is 325 g/mol. The Hall–Kier alpha value is -2.18. The van der Waals surface area contributed by atoms with Crippen molar-refractivity contribution < 1.29 is 18.4 Å². The molecule has 0 fully saturated rings. The van der Waals surface area contributed by atoms with Crippen LogP contribution in [0.3, 0.4) is 0 Å². The summed E-state index contributed by atoms with van der Waals surface area (Å²) in [6, 6.07) is 3.11. The van der Waals surface area contributed by atoms with Gasteiger partial charge in [0.15, 0.2) is 6.10 Å². The Balaban J connectivity index is 1.93. The van der Waals surface area contributed by atoms with E-state index in [1.807, 2.05) is 20.8 Å². The van der Waals surface area contributed by atoms with Gasteiger partial charge in [-0.15, -0.1) is 0 Å². The summed E-state index contributed by atoms with van der Waals surface area (Å²) in [6.45, 7) is 5.99. The van der Waals surface area contributed by atoms with Crippen molar-refractivity contribution in [3.8, 4) is 0 Å². The summed E-state index contributed by atoms with van der Waals surface area (Å²) in [7, 11) is 1.65. The number of likely N-dealkylation sites (N-methyl/N-ethyl adjacent to an activating group) is 1. The minimum absolute atomic E-state index is 0.218. The molecule has 2 rings (SSSR count). The average Bonchev–Trinajstić information content (AvgIpc) is 2.84. The Labute approximate surface area is 134 Å². The summed E-state index contributed by atoms with van der Waals surface area (Å²) in [6.07, 6.45) is 0.000513. The number of carbonyl (C=O) groups is 1. The Kier molecular flexibility index (Phi) is 4.87. The molecule has 1 aliphatic rings. The molecular weight excluding hydrogens is 304 g/mol. The highest BCUT2D eigenvalue weighted by atomic mass is 19.1. The van der Waals surface area contributed by atoms with Crippen molar-refractivity contribution in [2.24, 2.45) is 5.16 Å². The van der Waals surface area contributed by atoms with Crippen LogP contribution in [-0.2, 0) is 4.84 Å². The summed E-state index contributed by atoms with van der Waals surface area (Å²) < 4.78 is 26.7. The van der Waals surface area contributed by atoms with Crippen molar-refractivity contribution >= 4 is 11.7 Å². The van der Waals surface area contributed by atoms with E-state index in [0.717, 1.165) is 6.07 Å². The first kappa shape index (κ1) is 17.2. The number of amides is 2. The molecule has 7 heteroatoms. The smallest absolute Gasteiger partial charge is 0.317 e. The molecule has 0 bridgehead atoms. The van der Waals surface area contributed by atoms with Gasteiger partial charge in [0.25, 0.3) is 0 Å². The molecule has 1 aromatic rings. The Bertz CT molecular complexity index is 626. The Morgan fingerprint density at radius 2 is 2.13 bits per heavy atom. The van der Waals surface area contributed by atoms with E-state index in [2.05, 4.69) is 10.5 Å². The van der Waals surface area contributed by atoms with Crippen LogP contribution in [0.2, 0.25) is 0 Å². The van der Waals surface area contributed by atoms with Crippen LogP contribution in [0.1, 0.15) is 32.8 Å². The molecule has 1 aromatic carbocycles. The van der Waals surface area contributed by atoms with E-state index in [4.69, 9.17) is 4.84 Å². The number of carbonyl (C=O) groups excluding carboxylic acids is 1. The monoisotopic (exact) mass is 325 g/mol. The largest absolute Gasteiger partial charge is 0.390 e. The van der Waals surface area contributed by atoms with E-state index in [1.165, 1.54) is 17.0 Å². The van der Waals surface area contributed by atoms with Crippen molar-refractivity contribution in [1.82, 2.24) is 10.2 Å². The maximum Gasteiger partial charge on any atom is 0.317 e. The zero-order valence-electron chi connectivity index (χ0n) is 13.7. The predicted molar refractivity (Wildman–Crippen MR) is 83.3 cm³/mol. The molecule has 1 atom stereocenters. The number of rotatable bonds is 3. The molecular formula is C16H21F2N3O2. The normalized spacial score (nSPS) is 17.5. The molecule has 0 saturated heterocycles. The number of benzene rings is 1. The number of hydrogen-bond donors (Lipinski definition) is 1. The van der Waals surface area contributed by atoms with Gasteiger partial charge in [-0.3, -0.25) is 0 Å². The molecule has 0 aliphatic carbocycles. The Morgan fingerprint density at radius 1 is 1.43 bits per heavy atom. The lowest BCUT2D eigenvalue weighted by Crippen LogP contribution is -2.48. The van der Waals surface area contributed by atoms with Crippen LogP contribution in [0.5, 0.6) is 0 Å². The quantitative estimate of drug-likeness (QED) is 0.929. The number of hydrogen-bond acceptors (Lipinski definition) is 3. The van der Waals surface area contributed by atoms with E-state index >= 15 is 0 Å². The molecule has 5 nitrogen and oxygen atoms in total. The number of halogens is 2. The first-order valence-corrected chi connectivity index (χ1v) is 7.37. The minimum atomic E-state index is -0.674. The van der Waals surface area contributed by atoms with Gasteiger partial charge in [0.1, 0.15) is 11.6 Å². The highest BCUT2D eigenvalue weighted by molar-refractivity contribution is 6.01. The van der Waals surface area contributed by atoms with Crippen molar-refractivity contribution in [2.45, 2.75) is 38.8 Å². The van der Waals surface area contributed by atoms with Gasteiger partial charge in [-0.2, -0.15) is 0 Å². The van der Waals surface area contributed by atoms with Gasteiger partial charge < -0.3 is 15.1 Å². The minimum Gasteiger partial charge on any atom is -0.390 e. The number of oxime groups is 1. The van der Waals surface area contributed by atoms with Crippen LogP contribution in [-0.4, -0.2) is 41.9 Å². The molecule has 126 valence electrons. The van der Waals surface area contributed by atoms with Crippen LogP contribution in [0.15, 0.2) is 23.4 Å². The van der Waals surface area contributed by atoms with E-state index in [-0.39, 0.29) is 23.2 Å². The summed E-state index contributed by atoms with van der Waals surface area (Å²) >= 11 is 0. The summed E-state index contributed by atoms with van der Waals surface area (Å²) in [4.78, 5) is 18.8. The van der Waals surface area contributed by atoms with E-state index in [9.17, 15) is 13.6 Å². The highest BCUT2D eigenvalue weighted by Gasteiger charge is 2.27. The second kappa shape index (κ2) is 6.52. The Morgan fingerprint density at radius 3 is 2.74 bits per heavy atom. The SMILES string of the molecule is CN(CC1CC(c2ccc(F)cc2F)=NO1)C(=O)NC(C)(C)C. The third-order valence-electron chi connectivity index (χ3n) is 3.28. The van der Waals surface area contributed by atoms with Gasteiger partial charge in [0.2, 0.25) is 0 Å². The summed E-state index contributed by atoms with van der Waals surface area (Å²) in [5.74, 6) is -1.31. The van der Waals surface area contributed by atoms with Crippen molar-refractivity contribution in [3.05, 3.63) is 35.4 Å². The third kappa shape index (κ3) is 4.64. The third-order valence-corrected chi connectivity index (χ3v) is 3.28. The number of nitrogens with one attached hydrogen (secondary N) is 1. The molecule has 0 aromatic heterocycles. The number of nitrogens with zero attached hydrogens (tertiary/aromatic N) is 2. The van der Waals surface area contributed by atoms with Crippen LogP contribution in [0, 0.1) is 11.6 Å². The predicted octanol–water partition coefficient (Wildman–Crippen LogP) is 2.90. The van der Waals surface area contributed by atoms with Crippen LogP contribution in [0.4, 0.5) is 13.6 Å². The molecule has 0 radical (unpaired) electrons. The standard InChI is InChI=1S/C16H21F2N3O2/c1-16(2,3)19-15(22)21(4)9-11-8-14(20-23-11)12-6-5-10(17)7-13(12)18/h5-7,11H,8-9H2,1-4H3,(H,19,22). The molecule has 1 heterocycles. The van der Waals surface area contributed by atoms with Crippen molar-refractivity contribution in [3.63, 3.8) is 0 Å². The van der Waals surface area contributed by atoms with Crippen molar-refractivity contribution in [1.29, 1.82) is 0 Å². The lowest BCUT2D eigenvalue weighted by molar-refractivity contribution is 0.0649. The van der Waals surface area contributed by atoms with E-state index in [1.54, 1.807) is 7.05 Å². The lowest BCUT2D eigenvalue weighted by atomic mass is 10.0. The summed E-state index contributed by atoms with van der Waals surface area (Å²) in [5, 5.41) is 6.70. The maximum atomic E-state index is 13.8. The molecule has 0 spiro atoms. The lowest BCUT2D eigenvalue weighted by Gasteiger charge is -2.26. The van der Waals surface area contributed by atoms with E-state index in [0.29, 0.717) is 18.7 Å². The molecule has 23 heavy (non-hydrogen) atoms. The maximum absolute atomic E-state index is 13.8. The van der Waals surface area contributed by atoms with Gasteiger partial charge in [-0.25, -0.2) is 13.6 Å². The zero-order valence-corrected chi connectivity index (χ0v) is 13.7. The first-order valence-electron chi connectivity index (χ1n) is 7.37. The summed E-state index contributed by atoms with van der Waals surface area (Å²) in [5.41, 5.74) is 0.300. The highest BCUT2D eigenvalue weighted by Crippen LogP contribution is 2.20. The number of urea groups is 1. The van der Waals surface area contributed by atoms with Gasteiger partial charge in [0.05, 0.1) is 12.3 Å². The fourth-order valence-corrected chi connectivity index (χ4v) is 2.21.